The summed E-state index contributed by atoms with van der Waals surface area (Å²) in [4.78, 5) is 12.9. The summed E-state index contributed by atoms with van der Waals surface area (Å²) < 4.78 is 85.1. The molecule has 0 radical (unpaired) electrons. The van der Waals surface area contributed by atoms with Crippen molar-refractivity contribution < 1.29 is 40.2 Å². The molecule has 0 bridgehead atoms. The third kappa shape index (κ3) is 6.61. The van der Waals surface area contributed by atoms with E-state index < -0.39 is 38.3 Å². The van der Waals surface area contributed by atoms with Gasteiger partial charge in [-0.2, -0.15) is 4.31 Å². The van der Waals surface area contributed by atoms with Crippen molar-refractivity contribution in [2.45, 2.75) is 22.6 Å². The smallest absolute Gasteiger partial charge is 0.264 e. The van der Waals surface area contributed by atoms with Gasteiger partial charge < -0.3 is 19.5 Å². The highest BCUT2D eigenvalue weighted by atomic mass is 32.2. The number of amides is 1. The molecule has 0 saturated carbocycles. The Bertz CT molecular complexity index is 1630. The van der Waals surface area contributed by atoms with E-state index in [1.807, 2.05) is 0 Å². The second-order valence-electron chi connectivity index (χ2n) is 9.57. The maximum atomic E-state index is 13.6. The van der Waals surface area contributed by atoms with Gasteiger partial charge in [0.05, 0.1) is 22.0 Å². The SMILES string of the molecule is O=C(CN(c1ccc(F)cc1)S(=O)(=O)c1ccc2c(c1)OCCO2)NCCOc1ccc(S(=O)(=O)N2CCCC2)cc1. The molecule has 3 aromatic carbocycles. The molecule has 0 aromatic heterocycles. The third-order valence-corrected chi connectivity index (χ3v) is 10.4. The lowest BCUT2D eigenvalue weighted by atomic mass is 10.3. The van der Waals surface area contributed by atoms with Gasteiger partial charge in [-0.3, -0.25) is 9.10 Å². The minimum absolute atomic E-state index is 0.0496. The van der Waals surface area contributed by atoms with Crippen molar-refractivity contribution in [2.24, 2.45) is 0 Å². The van der Waals surface area contributed by atoms with E-state index in [0.717, 1.165) is 29.3 Å². The Balaban J connectivity index is 1.21. The van der Waals surface area contributed by atoms with Gasteiger partial charge in [0.1, 0.15) is 37.9 Å². The standard InChI is InChI=1S/C28H30FN3O8S2/c29-21-3-5-22(6-4-21)32(42(36,37)25-11-12-26-27(19-25)40-18-17-39-26)20-28(33)30-13-16-38-23-7-9-24(10-8-23)41(34,35)31-14-1-2-15-31/h3-12,19H,1-2,13-18,20H2,(H,30,33). The number of rotatable bonds is 11. The Morgan fingerprint density at radius 1 is 0.881 bits per heavy atom. The van der Waals surface area contributed by atoms with Gasteiger partial charge in [0.15, 0.2) is 11.5 Å². The molecule has 42 heavy (non-hydrogen) atoms. The zero-order valence-corrected chi connectivity index (χ0v) is 24.2. The molecule has 0 unspecified atom stereocenters. The molecular weight excluding hydrogens is 589 g/mol. The predicted octanol–water partition coefficient (Wildman–Crippen LogP) is 2.77. The molecular formula is C28H30FN3O8S2. The Labute approximate surface area is 243 Å². The number of benzene rings is 3. The first-order valence-corrected chi connectivity index (χ1v) is 16.2. The molecule has 0 aliphatic carbocycles. The summed E-state index contributed by atoms with van der Waals surface area (Å²) >= 11 is 0. The van der Waals surface area contributed by atoms with Crippen LogP contribution in [-0.2, 0) is 24.8 Å². The predicted molar refractivity (Wildman–Crippen MR) is 151 cm³/mol. The number of halogens is 1. The maximum Gasteiger partial charge on any atom is 0.264 e. The number of carbonyl (C=O) groups excluding carboxylic acids is 1. The number of ether oxygens (including phenoxy) is 3. The average Bonchev–Trinajstić information content (AvgIpc) is 3.55. The highest BCUT2D eigenvalue weighted by molar-refractivity contribution is 7.92. The fraction of sp³-hybridized carbons (Fsp3) is 0.321. The van der Waals surface area contributed by atoms with Crippen LogP contribution in [0.15, 0.2) is 76.5 Å². The monoisotopic (exact) mass is 619 g/mol. The van der Waals surface area contributed by atoms with Crippen molar-refractivity contribution >= 4 is 31.6 Å². The number of anilines is 1. The molecule has 2 heterocycles. The van der Waals surface area contributed by atoms with Crippen LogP contribution in [0.1, 0.15) is 12.8 Å². The number of nitrogens with one attached hydrogen (secondary N) is 1. The quantitative estimate of drug-likeness (QED) is 0.324. The molecule has 2 aliphatic rings. The minimum atomic E-state index is -4.26. The van der Waals surface area contributed by atoms with E-state index in [-0.39, 0.29) is 41.0 Å². The second-order valence-corrected chi connectivity index (χ2v) is 13.4. The molecule has 0 atom stereocenters. The van der Waals surface area contributed by atoms with Crippen LogP contribution in [0.2, 0.25) is 0 Å². The lowest BCUT2D eigenvalue weighted by molar-refractivity contribution is -0.119. The van der Waals surface area contributed by atoms with Crippen molar-refractivity contribution in [3.63, 3.8) is 0 Å². The van der Waals surface area contributed by atoms with Crippen molar-refractivity contribution in [3.8, 4) is 17.2 Å². The molecule has 1 fully saturated rings. The Hall–Kier alpha value is -3.88. The fourth-order valence-corrected chi connectivity index (χ4v) is 7.52. The molecule has 3 aromatic rings. The van der Waals surface area contributed by atoms with Crippen LogP contribution in [0.3, 0.4) is 0 Å². The van der Waals surface area contributed by atoms with Crippen LogP contribution in [0.25, 0.3) is 0 Å². The van der Waals surface area contributed by atoms with Crippen LogP contribution < -0.4 is 23.8 Å². The van der Waals surface area contributed by atoms with Gasteiger partial charge in [-0.05, 0) is 73.5 Å². The van der Waals surface area contributed by atoms with E-state index in [2.05, 4.69) is 5.32 Å². The zero-order valence-electron chi connectivity index (χ0n) is 22.6. The van der Waals surface area contributed by atoms with Crippen molar-refractivity contribution in [1.29, 1.82) is 0 Å². The topological polar surface area (TPSA) is 132 Å². The minimum Gasteiger partial charge on any atom is -0.492 e. The Kier molecular flexibility index (Phi) is 8.85. The van der Waals surface area contributed by atoms with E-state index in [9.17, 15) is 26.0 Å². The van der Waals surface area contributed by atoms with Crippen LogP contribution in [0.5, 0.6) is 17.2 Å². The molecule has 2 aliphatic heterocycles. The van der Waals surface area contributed by atoms with Gasteiger partial charge in [0.2, 0.25) is 15.9 Å². The maximum absolute atomic E-state index is 13.6. The summed E-state index contributed by atoms with van der Waals surface area (Å²) in [6.45, 7) is 1.16. The number of fused-ring (bicyclic) bond motifs is 1. The Morgan fingerprint density at radius 3 is 2.21 bits per heavy atom. The second kappa shape index (κ2) is 12.5. The highest BCUT2D eigenvalue weighted by Gasteiger charge is 2.29. The zero-order chi connectivity index (χ0) is 29.7. The summed E-state index contributed by atoms with van der Waals surface area (Å²) in [5.74, 6) is -0.0765. The summed E-state index contributed by atoms with van der Waals surface area (Å²) in [5.41, 5.74) is 0.0988. The van der Waals surface area contributed by atoms with E-state index in [0.29, 0.717) is 31.2 Å². The van der Waals surface area contributed by atoms with Gasteiger partial charge in [-0.25, -0.2) is 21.2 Å². The van der Waals surface area contributed by atoms with Crippen LogP contribution in [-0.4, -0.2) is 73.0 Å². The fourth-order valence-electron chi connectivity index (χ4n) is 4.56. The number of nitrogens with zero attached hydrogens (tertiary/aromatic N) is 2. The summed E-state index contributed by atoms with van der Waals surface area (Å²) in [5, 5.41) is 2.62. The molecule has 1 saturated heterocycles. The number of carbonyl (C=O) groups is 1. The van der Waals surface area contributed by atoms with Gasteiger partial charge >= 0.3 is 0 Å². The van der Waals surface area contributed by atoms with E-state index in [4.69, 9.17) is 14.2 Å². The van der Waals surface area contributed by atoms with Gasteiger partial charge in [0, 0.05) is 19.2 Å². The largest absolute Gasteiger partial charge is 0.492 e. The normalized spacial score (nSPS) is 15.3. The van der Waals surface area contributed by atoms with Gasteiger partial charge in [-0.1, -0.05) is 0 Å². The summed E-state index contributed by atoms with van der Waals surface area (Å²) in [7, 11) is -7.79. The Morgan fingerprint density at radius 2 is 1.52 bits per heavy atom. The third-order valence-electron chi connectivity index (χ3n) is 6.72. The van der Waals surface area contributed by atoms with Crippen LogP contribution in [0, 0.1) is 5.82 Å². The van der Waals surface area contributed by atoms with Crippen LogP contribution in [0.4, 0.5) is 10.1 Å². The molecule has 1 amide bonds. The van der Waals surface area contributed by atoms with Gasteiger partial charge in [0.25, 0.3) is 10.0 Å². The van der Waals surface area contributed by atoms with E-state index >= 15 is 0 Å². The van der Waals surface area contributed by atoms with Crippen molar-refractivity contribution in [2.75, 3.05) is 50.3 Å². The van der Waals surface area contributed by atoms with E-state index in [1.165, 1.54) is 46.8 Å². The molecule has 1 N–H and O–H groups in total. The van der Waals surface area contributed by atoms with Crippen molar-refractivity contribution in [3.05, 3.63) is 72.5 Å². The highest BCUT2D eigenvalue weighted by Crippen LogP contribution is 2.34. The van der Waals surface area contributed by atoms with Crippen LogP contribution >= 0.6 is 0 Å². The molecule has 14 heteroatoms. The first kappa shape index (κ1) is 29.6. The molecule has 11 nitrogen and oxygen atoms in total. The average molecular weight is 620 g/mol. The number of hydrogen-bond donors (Lipinski definition) is 1. The number of sulfonamides is 2. The van der Waals surface area contributed by atoms with E-state index in [1.54, 1.807) is 12.1 Å². The lowest BCUT2D eigenvalue weighted by Gasteiger charge is -2.25. The molecule has 5 rings (SSSR count). The first-order valence-electron chi connectivity index (χ1n) is 13.3. The van der Waals surface area contributed by atoms with Crippen molar-refractivity contribution in [1.82, 2.24) is 9.62 Å². The first-order chi connectivity index (χ1) is 20.1. The molecule has 224 valence electrons. The summed E-state index contributed by atoms with van der Waals surface area (Å²) in [6, 6.07) is 15.0. The summed E-state index contributed by atoms with van der Waals surface area (Å²) in [6.07, 6.45) is 1.69. The van der Waals surface area contributed by atoms with Gasteiger partial charge in [-0.15, -0.1) is 0 Å². The number of hydrogen-bond acceptors (Lipinski definition) is 8. The molecule has 0 spiro atoms. The lowest BCUT2D eigenvalue weighted by Crippen LogP contribution is -2.42.